The zero-order valence-electron chi connectivity index (χ0n) is 11.8. The van der Waals surface area contributed by atoms with Crippen LogP contribution in [0.4, 0.5) is 5.69 Å². The van der Waals surface area contributed by atoms with Gasteiger partial charge in [-0.3, -0.25) is 14.5 Å². The molecular formula is C13H14N2O5S. The van der Waals surface area contributed by atoms with Crippen LogP contribution in [0, 0.1) is 0 Å². The number of methoxy groups -OCH3 is 3. The van der Waals surface area contributed by atoms with E-state index < -0.39 is 0 Å². The predicted molar refractivity (Wildman–Crippen MR) is 79.5 cm³/mol. The monoisotopic (exact) mass is 310 g/mol. The van der Waals surface area contributed by atoms with E-state index in [1.54, 1.807) is 12.1 Å². The minimum atomic E-state index is -0.269. The van der Waals surface area contributed by atoms with E-state index in [0.717, 1.165) is 0 Å². The third-order valence-corrected chi connectivity index (χ3v) is 3.72. The van der Waals surface area contributed by atoms with Gasteiger partial charge in [-0.1, -0.05) is 11.8 Å². The van der Waals surface area contributed by atoms with Crippen molar-refractivity contribution in [2.75, 3.05) is 32.0 Å². The first-order valence-corrected chi connectivity index (χ1v) is 6.92. The van der Waals surface area contributed by atoms with Crippen LogP contribution in [0.5, 0.6) is 17.2 Å². The van der Waals surface area contributed by atoms with Crippen molar-refractivity contribution < 1.29 is 23.8 Å². The lowest BCUT2D eigenvalue weighted by Crippen LogP contribution is -2.25. The van der Waals surface area contributed by atoms with E-state index in [4.69, 9.17) is 14.2 Å². The Morgan fingerprint density at radius 3 is 2.19 bits per heavy atom. The summed E-state index contributed by atoms with van der Waals surface area (Å²) in [7, 11) is 4.46. The number of benzene rings is 1. The largest absolute Gasteiger partial charge is 0.493 e. The van der Waals surface area contributed by atoms with Crippen molar-refractivity contribution >= 4 is 34.9 Å². The van der Waals surface area contributed by atoms with E-state index in [9.17, 15) is 9.59 Å². The average Bonchev–Trinajstić information content (AvgIpc) is 2.93. The van der Waals surface area contributed by atoms with Gasteiger partial charge in [0.05, 0.1) is 32.8 Å². The molecule has 0 radical (unpaired) electrons. The van der Waals surface area contributed by atoms with Crippen LogP contribution >= 0.6 is 11.8 Å². The van der Waals surface area contributed by atoms with Gasteiger partial charge in [-0.15, -0.1) is 0 Å². The SMILES string of the molecule is COc1cc(N(C=O)C2=NC(=O)CS2)cc(OC)c1OC. The van der Waals surface area contributed by atoms with Crippen LogP contribution in [0.3, 0.4) is 0 Å². The number of carbonyl (C=O) groups excluding carboxylic acids is 2. The van der Waals surface area contributed by atoms with Crippen LogP contribution in [0.2, 0.25) is 0 Å². The highest BCUT2D eigenvalue weighted by atomic mass is 32.2. The van der Waals surface area contributed by atoms with E-state index in [0.29, 0.717) is 34.5 Å². The van der Waals surface area contributed by atoms with E-state index >= 15 is 0 Å². The Labute approximate surface area is 125 Å². The number of rotatable bonds is 5. The molecule has 0 N–H and O–H groups in total. The molecule has 1 heterocycles. The standard InChI is InChI=1S/C13H14N2O5S/c1-18-9-4-8(5-10(19-2)12(9)20-3)15(7-16)13-14-11(17)6-21-13/h4-5,7H,6H2,1-3H3. The number of thioether (sulfide) groups is 1. The van der Waals surface area contributed by atoms with Gasteiger partial charge < -0.3 is 14.2 Å². The second kappa shape index (κ2) is 6.49. The van der Waals surface area contributed by atoms with Crippen molar-refractivity contribution in [2.24, 2.45) is 4.99 Å². The summed E-state index contributed by atoms with van der Waals surface area (Å²) in [5, 5.41) is 0.323. The Bertz CT molecular complexity index is 577. The predicted octanol–water partition coefficient (Wildman–Crippen LogP) is 1.30. The van der Waals surface area contributed by atoms with Crippen LogP contribution < -0.4 is 19.1 Å². The first-order chi connectivity index (χ1) is 10.1. The molecule has 0 saturated heterocycles. The number of anilines is 1. The van der Waals surface area contributed by atoms with Gasteiger partial charge in [0.1, 0.15) is 0 Å². The number of aliphatic imine (C=N–C) groups is 1. The number of amides is 2. The Morgan fingerprint density at radius 2 is 1.81 bits per heavy atom. The molecule has 0 atom stereocenters. The number of nitrogens with zero attached hydrogens (tertiary/aromatic N) is 2. The minimum Gasteiger partial charge on any atom is -0.493 e. The van der Waals surface area contributed by atoms with Gasteiger partial charge in [-0.05, 0) is 0 Å². The molecule has 1 aromatic rings. The third kappa shape index (κ3) is 2.94. The van der Waals surface area contributed by atoms with E-state index in [2.05, 4.69) is 4.99 Å². The lowest BCUT2D eigenvalue weighted by atomic mass is 10.2. The van der Waals surface area contributed by atoms with Gasteiger partial charge >= 0.3 is 0 Å². The number of hydrogen-bond donors (Lipinski definition) is 0. The van der Waals surface area contributed by atoms with Gasteiger partial charge in [0, 0.05) is 12.1 Å². The van der Waals surface area contributed by atoms with Gasteiger partial charge in [0.25, 0.3) is 5.91 Å². The maximum atomic E-state index is 11.4. The van der Waals surface area contributed by atoms with Crippen LogP contribution in [0.25, 0.3) is 0 Å². The molecule has 1 aliphatic heterocycles. The van der Waals surface area contributed by atoms with Crippen molar-refractivity contribution in [2.45, 2.75) is 0 Å². The lowest BCUT2D eigenvalue weighted by Gasteiger charge is -2.19. The molecule has 1 aliphatic rings. The molecule has 8 heteroatoms. The van der Waals surface area contributed by atoms with Gasteiger partial charge in [0.15, 0.2) is 16.7 Å². The van der Waals surface area contributed by atoms with Crippen LogP contribution in [0.1, 0.15) is 0 Å². The molecule has 0 fully saturated rings. The molecule has 0 aliphatic carbocycles. The second-order valence-electron chi connectivity index (χ2n) is 3.94. The van der Waals surface area contributed by atoms with Crippen LogP contribution in [-0.2, 0) is 9.59 Å². The maximum absolute atomic E-state index is 11.4. The smallest absolute Gasteiger partial charge is 0.258 e. The summed E-state index contributed by atoms with van der Waals surface area (Å²) < 4.78 is 15.7. The van der Waals surface area contributed by atoms with Gasteiger partial charge in [-0.25, -0.2) is 0 Å². The topological polar surface area (TPSA) is 77.4 Å². The molecule has 7 nitrogen and oxygen atoms in total. The van der Waals surface area contributed by atoms with Crippen LogP contribution in [-0.4, -0.2) is 44.6 Å². The molecule has 2 amide bonds. The molecule has 2 rings (SSSR count). The minimum absolute atomic E-state index is 0.226. The van der Waals surface area contributed by atoms with E-state index in [1.807, 2.05) is 0 Å². The summed E-state index contributed by atoms with van der Waals surface area (Å²) in [6.45, 7) is 0. The van der Waals surface area contributed by atoms with Gasteiger partial charge in [-0.2, -0.15) is 4.99 Å². The molecule has 0 unspecified atom stereocenters. The van der Waals surface area contributed by atoms with Crippen molar-refractivity contribution in [1.29, 1.82) is 0 Å². The first kappa shape index (κ1) is 15.2. The molecular weight excluding hydrogens is 296 g/mol. The second-order valence-corrected chi connectivity index (χ2v) is 4.88. The highest BCUT2D eigenvalue weighted by Crippen LogP contribution is 2.41. The fourth-order valence-corrected chi connectivity index (χ4v) is 2.61. The van der Waals surface area contributed by atoms with Crippen molar-refractivity contribution in [3.05, 3.63) is 12.1 Å². The number of hydrogen-bond acceptors (Lipinski definition) is 6. The normalized spacial score (nSPS) is 13.7. The van der Waals surface area contributed by atoms with Crippen molar-refractivity contribution in [3.63, 3.8) is 0 Å². The summed E-state index contributed by atoms with van der Waals surface area (Å²) in [5.41, 5.74) is 0.473. The van der Waals surface area contributed by atoms with Gasteiger partial charge in [0.2, 0.25) is 12.2 Å². The number of ether oxygens (including phenoxy) is 3. The van der Waals surface area contributed by atoms with Crippen molar-refractivity contribution in [3.8, 4) is 17.2 Å². The highest BCUT2D eigenvalue weighted by Gasteiger charge is 2.24. The maximum Gasteiger partial charge on any atom is 0.258 e. The molecule has 21 heavy (non-hydrogen) atoms. The molecule has 112 valence electrons. The number of carbonyl (C=O) groups is 2. The molecule has 0 bridgehead atoms. The van der Waals surface area contributed by atoms with E-state index in [-0.39, 0.29) is 11.7 Å². The molecule has 1 aromatic carbocycles. The Hall–Kier alpha value is -2.22. The fraction of sp³-hybridized carbons (Fsp3) is 0.308. The summed E-state index contributed by atoms with van der Waals surface area (Å²) in [6.07, 6.45) is 0.588. The zero-order chi connectivity index (χ0) is 15.4. The van der Waals surface area contributed by atoms with Crippen LogP contribution in [0.15, 0.2) is 17.1 Å². The lowest BCUT2D eigenvalue weighted by molar-refractivity contribution is -0.115. The summed E-state index contributed by atoms with van der Waals surface area (Å²) >= 11 is 1.20. The summed E-state index contributed by atoms with van der Waals surface area (Å²) in [5.74, 6) is 1.20. The number of amidine groups is 1. The van der Waals surface area contributed by atoms with E-state index in [1.165, 1.54) is 38.0 Å². The highest BCUT2D eigenvalue weighted by molar-refractivity contribution is 8.15. The quantitative estimate of drug-likeness (QED) is 0.763. The fourth-order valence-electron chi connectivity index (χ4n) is 1.84. The first-order valence-electron chi connectivity index (χ1n) is 5.93. The Kier molecular flexibility index (Phi) is 4.69. The molecule has 0 spiro atoms. The summed E-state index contributed by atoms with van der Waals surface area (Å²) in [4.78, 5) is 27.7. The molecule has 0 aromatic heterocycles. The Morgan fingerprint density at radius 1 is 1.19 bits per heavy atom. The van der Waals surface area contributed by atoms with Crippen molar-refractivity contribution in [1.82, 2.24) is 0 Å². The molecule has 0 saturated carbocycles. The Balaban J connectivity index is 2.49. The third-order valence-electron chi connectivity index (χ3n) is 2.78. The summed E-state index contributed by atoms with van der Waals surface area (Å²) in [6, 6.07) is 3.23. The average molecular weight is 310 g/mol. The zero-order valence-corrected chi connectivity index (χ0v) is 12.6.